The summed E-state index contributed by atoms with van der Waals surface area (Å²) in [4.78, 5) is 12.8. The third-order valence-electron chi connectivity index (χ3n) is 3.20. The van der Waals surface area contributed by atoms with Gasteiger partial charge in [0.15, 0.2) is 0 Å². The molecule has 0 saturated heterocycles. The van der Waals surface area contributed by atoms with E-state index in [1.165, 1.54) is 0 Å². The zero-order valence-electron chi connectivity index (χ0n) is 12.4. The Morgan fingerprint density at radius 3 is 2.60 bits per heavy atom. The minimum atomic E-state index is -0.729. The minimum Gasteiger partial charge on any atom is -0.494 e. The van der Waals surface area contributed by atoms with Gasteiger partial charge in [0.05, 0.1) is 12.5 Å². The average molecular weight is 279 g/mol. The molecule has 20 heavy (non-hydrogen) atoms. The Morgan fingerprint density at radius 1 is 1.25 bits per heavy atom. The van der Waals surface area contributed by atoms with Crippen LogP contribution in [0, 0.1) is 5.92 Å². The lowest BCUT2D eigenvalue weighted by Gasteiger charge is -2.18. The van der Waals surface area contributed by atoms with E-state index in [0.717, 1.165) is 38.2 Å². The van der Waals surface area contributed by atoms with E-state index in [0.29, 0.717) is 6.54 Å². The summed E-state index contributed by atoms with van der Waals surface area (Å²) < 4.78 is 5.62. The summed E-state index contributed by atoms with van der Waals surface area (Å²) in [5, 5.41) is 8.84. The molecule has 1 unspecified atom stereocenters. The molecule has 1 N–H and O–H groups in total. The standard InChI is InChI=1S/C16H25NO3/c1-14(16(18)19)13-17(2)11-7-4-8-12-20-15-9-5-3-6-10-15/h3,5-6,9-10,14H,4,7-8,11-13H2,1-2H3,(H,18,19). The number of carboxylic acids is 1. The number of hydrogen-bond donors (Lipinski definition) is 1. The van der Waals surface area contributed by atoms with Crippen molar-refractivity contribution in [3.63, 3.8) is 0 Å². The van der Waals surface area contributed by atoms with Crippen LogP contribution in [0.4, 0.5) is 0 Å². The minimum absolute atomic E-state index is 0.304. The van der Waals surface area contributed by atoms with Crippen LogP contribution in [-0.4, -0.2) is 42.7 Å². The smallest absolute Gasteiger partial charge is 0.307 e. The number of hydrogen-bond acceptors (Lipinski definition) is 3. The molecule has 1 aromatic carbocycles. The number of carbonyl (C=O) groups is 1. The van der Waals surface area contributed by atoms with Crippen LogP contribution >= 0.6 is 0 Å². The van der Waals surface area contributed by atoms with Gasteiger partial charge in [0.25, 0.3) is 0 Å². The molecule has 112 valence electrons. The number of nitrogens with zero attached hydrogens (tertiary/aromatic N) is 1. The lowest BCUT2D eigenvalue weighted by atomic mass is 10.1. The third kappa shape index (κ3) is 7.14. The maximum Gasteiger partial charge on any atom is 0.307 e. The van der Waals surface area contributed by atoms with Crippen molar-refractivity contribution < 1.29 is 14.6 Å². The highest BCUT2D eigenvalue weighted by Crippen LogP contribution is 2.09. The molecular formula is C16H25NO3. The van der Waals surface area contributed by atoms with E-state index in [-0.39, 0.29) is 5.92 Å². The molecule has 0 aliphatic rings. The van der Waals surface area contributed by atoms with Gasteiger partial charge >= 0.3 is 5.97 Å². The van der Waals surface area contributed by atoms with E-state index in [4.69, 9.17) is 9.84 Å². The number of unbranched alkanes of at least 4 members (excludes halogenated alkanes) is 2. The van der Waals surface area contributed by atoms with Crippen LogP contribution in [0.25, 0.3) is 0 Å². The van der Waals surface area contributed by atoms with Crippen molar-refractivity contribution in [2.45, 2.75) is 26.2 Å². The van der Waals surface area contributed by atoms with E-state index >= 15 is 0 Å². The molecule has 1 aromatic rings. The van der Waals surface area contributed by atoms with Gasteiger partial charge in [-0.2, -0.15) is 0 Å². The number of ether oxygens (including phenoxy) is 1. The first kappa shape index (κ1) is 16.5. The molecule has 0 spiro atoms. The second-order valence-electron chi connectivity index (χ2n) is 5.22. The Balaban J connectivity index is 2.00. The highest BCUT2D eigenvalue weighted by molar-refractivity contribution is 5.69. The maximum atomic E-state index is 10.7. The first-order valence-corrected chi connectivity index (χ1v) is 7.19. The third-order valence-corrected chi connectivity index (χ3v) is 3.20. The normalized spacial score (nSPS) is 12.3. The Labute approximate surface area is 121 Å². The molecule has 0 aliphatic heterocycles. The molecule has 0 bridgehead atoms. The molecule has 1 atom stereocenters. The van der Waals surface area contributed by atoms with Gasteiger partial charge in [0, 0.05) is 6.54 Å². The number of para-hydroxylation sites is 1. The molecular weight excluding hydrogens is 254 g/mol. The molecule has 0 amide bonds. The van der Waals surface area contributed by atoms with E-state index in [1.54, 1.807) is 6.92 Å². The molecule has 0 radical (unpaired) electrons. The van der Waals surface area contributed by atoms with Gasteiger partial charge < -0.3 is 14.7 Å². The van der Waals surface area contributed by atoms with Crippen molar-refractivity contribution in [2.24, 2.45) is 5.92 Å². The van der Waals surface area contributed by atoms with Gasteiger partial charge in [0.1, 0.15) is 5.75 Å². The Bertz CT molecular complexity index is 381. The highest BCUT2D eigenvalue weighted by Gasteiger charge is 2.12. The van der Waals surface area contributed by atoms with E-state index in [9.17, 15) is 4.79 Å². The zero-order chi connectivity index (χ0) is 14.8. The predicted octanol–water partition coefficient (Wildman–Crippen LogP) is 2.89. The summed E-state index contributed by atoms with van der Waals surface area (Å²) in [5.74, 6) is -0.116. The molecule has 1 rings (SSSR count). The van der Waals surface area contributed by atoms with Crippen molar-refractivity contribution in [2.75, 3.05) is 26.7 Å². The molecule has 0 saturated carbocycles. The summed E-state index contributed by atoms with van der Waals surface area (Å²) in [7, 11) is 1.97. The van der Waals surface area contributed by atoms with Crippen LogP contribution < -0.4 is 4.74 Å². The van der Waals surface area contributed by atoms with Crippen molar-refractivity contribution in [3.05, 3.63) is 30.3 Å². The van der Waals surface area contributed by atoms with Gasteiger partial charge in [-0.05, 0) is 45.0 Å². The second-order valence-corrected chi connectivity index (χ2v) is 5.22. The number of rotatable bonds is 10. The Hall–Kier alpha value is -1.55. The summed E-state index contributed by atoms with van der Waals surface area (Å²) in [5.41, 5.74) is 0. The molecule has 0 fully saturated rings. The zero-order valence-corrected chi connectivity index (χ0v) is 12.4. The molecule has 0 aromatic heterocycles. The molecule has 0 aliphatic carbocycles. The highest BCUT2D eigenvalue weighted by atomic mass is 16.5. The van der Waals surface area contributed by atoms with Crippen molar-refractivity contribution >= 4 is 5.97 Å². The number of carboxylic acid groups (broad SMARTS) is 1. The molecule has 4 nitrogen and oxygen atoms in total. The molecule has 0 heterocycles. The Morgan fingerprint density at radius 2 is 1.95 bits per heavy atom. The summed E-state index contributed by atoms with van der Waals surface area (Å²) in [6.07, 6.45) is 3.19. The molecule has 4 heteroatoms. The Kier molecular flexibility index (Phi) is 7.73. The van der Waals surface area contributed by atoms with E-state index < -0.39 is 5.97 Å². The van der Waals surface area contributed by atoms with E-state index in [2.05, 4.69) is 4.90 Å². The fourth-order valence-corrected chi connectivity index (χ4v) is 2.00. The average Bonchev–Trinajstić information content (AvgIpc) is 2.43. The largest absolute Gasteiger partial charge is 0.494 e. The van der Waals surface area contributed by atoms with Crippen LogP contribution in [0.2, 0.25) is 0 Å². The van der Waals surface area contributed by atoms with Gasteiger partial charge in [-0.15, -0.1) is 0 Å². The SMILES string of the molecule is CC(CN(C)CCCCCOc1ccccc1)C(=O)O. The number of benzene rings is 1. The summed E-state index contributed by atoms with van der Waals surface area (Å²) in [6, 6.07) is 9.82. The summed E-state index contributed by atoms with van der Waals surface area (Å²) >= 11 is 0. The van der Waals surface area contributed by atoms with Gasteiger partial charge in [-0.1, -0.05) is 25.1 Å². The topological polar surface area (TPSA) is 49.8 Å². The lowest BCUT2D eigenvalue weighted by Crippen LogP contribution is -2.29. The fourth-order valence-electron chi connectivity index (χ4n) is 2.00. The van der Waals surface area contributed by atoms with Crippen LogP contribution in [0.15, 0.2) is 30.3 Å². The predicted molar refractivity (Wildman–Crippen MR) is 80.1 cm³/mol. The van der Waals surface area contributed by atoms with Crippen LogP contribution in [0.1, 0.15) is 26.2 Å². The van der Waals surface area contributed by atoms with Crippen LogP contribution in [-0.2, 0) is 4.79 Å². The maximum absolute atomic E-state index is 10.7. The van der Waals surface area contributed by atoms with Crippen molar-refractivity contribution in [1.82, 2.24) is 4.90 Å². The van der Waals surface area contributed by atoms with Gasteiger partial charge in [0.2, 0.25) is 0 Å². The van der Waals surface area contributed by atoms with Gasteiger partial charge in [-0.3, -0.25) is 4.79 Å². The second kappa shape index (κ2) is 9.37. The monoisotopic (exact) mass is 279 g/mol. The van der Waals surface area contributed by atoms with E-state index in [1.807, 2.05) is 37.4 Å². The number of aliphatic carboxylic acids is 1. The fraction of sp³-hybridized carbons (Fsp3) is 0.562. The van der Waals surface area contributed by atoms with Crippen LogP contribution in [0.3, 0.4) is 0 Å². The van der Waals surface area contributed by atoms with Crippen molar-refractivity contribution in [3.8, 4) is 5.75 Å². The summed E-state index contributed by atoms with van der Waals surface area (Å²) in [6.45, 7) is 4.02. The first-order chi connectivity index (χ1) is 9.59. The quantitative estimate of drug-likeness (QED) is 0.669. The van der Waals surface area contributed by atoms with Crippen LogP contribution in [0.5, 0.6) is 5.75 Å². The van der Waals surface area contributed by atoms with Gasteiger partial charge in [-0.25, -0.2) is 0 Å². The van der Waals surface area contributed by atoms with Crippen molar-refractivity contribution in [1.29, 1.82) is 0 Å². The lowest BCUT2D eigenvalue weighted by molar-refractivity contribution is -0.141. The first-order valence-electron chi connectivity index (χ1n) is 7.19.